The molecule has 1 aromatic heterocycles. The molecule has 3 heteroatoms. The van der Waals surface area contributed by atoms with E-state index in [0.717, 1.165) is 29.8 Å². The minimum absolute atomic E-state index is 0.0635. The molecule has 0 saturated carbocycles. The fraction of sp³-hybridized carbons (Fsp3) is 0.400. The Morgan fingerprint density at radius 3 is 2.78 bits per heavy atom. The normalized spacial score (nSPS) is 22.8. The fourth-order valence-electron chi connectivity index (χ4n) is 2.96. The van der Waals surface area contributed by atoms with Gasteiger partial charge in [-0.15, -0.1) is 0 Å². The highest BCUT2D eigenvalue weighted by atomic mass is 16.3. The highest BCUT2D eigenvalue weighted by molar-refractivity contribution is 5.32. The van der Waals surface area contributed by atoms with E-state index in [2.05, 4.69) is 17.2 Å². The van der Waals surface area contributed by atoms with Crippen molar-refractivity contribution in [1.29, 1.82) is 0 Å². The van der Waals surface area contributed by atoms with E-state index < -0.39 is 6.10 Å². The van der Waals surface area contributed by atoms with Gasteiger partial charge in [0.15, 0.2) is 0 Å². The smallest absolute Gasteiger partial charge is 0.102 e. The Kier molecular flexibility index (Phi) is 2.71. The lowest BCUT2D eigenvalue weighted by Gasteiger charge is -2.31. The van der Waals surface area contributed by atoms with Crippen molar-refractivity contribution in [2.24, 2.45) is 0 Å². The van der Waals surface area contributed by atoms with Crippen molar-refractivity contribution >= 4 is 0 Å². The Morgan fingerprint density at radius 1 is 1.28 bits per heavy atom. The van der Waals surface area contributed by atoms with Gasteiger partial charge in [-0.05, 0) is 43.9 Å². The maximum atomic E-state index is 10.5. The molecular weight excluding hydrogens is 224 g/mol. The Hall–Kier alpha value is -1.61. The number of benzene rings is 1. The minimum atomic E-state index is -0.451. The topological polar surface area (TPSA) is 38.0 Å². The molecule has 2 atom stereocenters. The number of hydrogen-bond acceptors (Lipinski definition) is 2. The van der Waals surface area contributed by atoms with E-state index >= 15 is 0 Å². The molecule has 1 N–H and O–H groups in total. The van der Waals surface area contributed by atoms with Crippen LogP contribution >= 0.6 is 0 Å². The third-order valence-electron chi connectivity index (χ3n) is 3.81. The van der Waals surface area contributed by atoms with Crippen LogP contribution in [0.3, 0.4) is 0 Å². The van der Waals surface area contributed by atoms with Crippen LogP contribution in [0.15, 0.2) is 30.3 Å². The average molecular weight is 242 g/mol. The summed E-state index contributed by atoms with van der Waals surface area (Å²) in [6, 6.07) is 10.3. The second-order valence-corrected chi connectivity index (χ2v) is 5.12. The molecule has 0 saturated heterocycles. The molecule has 1 aromatic carbocycles. The lowest BCUT2D eigenvalue weighted by Crippen LogP contribution is -2.25. The number of hydrogen-bond donors (Lipinski definition) is 1. The quantitative estimate of drug-likeness (QED) is 0.835. The van der Waals surface area contributed by atoms with Crippen molar-refractivity contribution in [3.8, 4) is 0 Å². The summed E-state index contributed by atoms with van der Waals surface area (Å²) in [5.74, 6) is 0. The molecule has 0 bridgehead atoms. The Bertz CT molecular complexity index is 574. The summed E-state index contributed by atoms with van der Waals surface area (Å²) in [5, 5.41) is 15.1. The van der Waals surface area contributed by atoms with Crippen molar-refractivity contribution in [3.63, 3.8) is 0 Å². The molecule has 18 heavy (non-hydrogen) atoms. The fourth-order valence-corrected chi connectivity index (χ4v) is 2.96. The van der Waals surface area contributed by atoms with Gasteiger partial charge in [-0.3, -0.25) is 4.68 Å². The predicted octanol–water partition coefficient (Wildman–Crippen LogP) is 2.72. The molecule has 0 amide bonds. The van der Waals surface area contributed by atoms with Gasteiger partial charge in [0.25, 0.3) is 0 Å². The highest BCUT2D eigenvalue weighted by Crippen LogP contribution is 2.37. The van der Waals surface area contributed by atoms with Crippen LogP contribution in [-0.2, 0) is 6.42 Å². The standard InChI is InChI=1S/C15H18N2O/c1-10-9-11(2)17(16-10)14-8-7-12-5-3-4-6-13(12)15(14)18/h3-6,9,14-15,18H,7-8H2,1-2H3. The van der Waals surface area contributed by atoms with Crippen molar-refractivity contribution in [2.45, 2.75) is 38.8 Å². The van der Waals surface area contributed by atoms with E-state index in [9.17, 15) is 5.11 Å². The van der Waals surface area contributed by atoms with Crippen molar-refractivity contribution < 1.29 is 5.11 Å². The first-order valence-electron chi connectivity index (χ1n) is 6.45. The summed E-state index contributed by atoms with van der Waals surface area (Å²) in [5.41, 5.74) is 4.46. The average Bonchev–Trinajstić information content (AvgIpc) is 2.69. The van der Waals surface area contributed by atoms with Crippen molar-refractivity contribution in [1.82, 2.24) is 9.78 Å². The molecule has 1 heterocycles. The van der Waals surface area contributed by atoms with Gasteiger partial charge in [-0.25, -0.2) is 0 Å². The molecule has 3 nitrogen and oxygen atoms in total. The third kappa shape index (κ3) is 1.75. The monoisotopic (exact) mass is 242 g/mol. The van der Waals surface area contributed by atoms with Gasteiger partial charge in [-0.1, -0.05) is 24.3 Å². The molecule has 0 spiro atoms. The number of nitrogens with zero attached hydrogens (tertiary/aromatic N) is 2. The molecule has 2 aromatic rings. The van der Waals surface area contributed by atoms with Crippen molar-refractivity contribution in [3.05, 3.63) is 52.8 Å². The number of aliphatic hydroxyl groups excluding tert-OH is 1. The van der Waals surface area contributed by atoms with Crippen LogP contribution in [0.2, 0.25) is 0 Å². The predicted molar refractivity (Wildman–Crippen MR) is 70.5 cm³/mol. The number of aromatic nitrogens is 2. The van der Waals surface area contributed by atoms with E-state index in [1.807, 2.05) is 36.7 Å². The van der Waals surface area contributed by atoms with Gasteiger partial charge in [-0.2, -0.15) is 5.10 Å². The summed E-state index contributed by atoms with van der Waals surface area (Å²) in [7, 11) is 0. The van der Waals surface area contributed by atoms with Crippen LogP contribution < -0.4 is 0 Å². The van der Waals surface area contributed by atoms with Crippen LogP contribution in [0.25, 0.3) is 0 Å². The summed E-state index contributed by atoms with van der Waals surface area (Å²) in [6.07, 6.45) is 1.50. The number of fused-ring (bicyclic) bond motifs is 1. The summed E-state index contributed by atoms with van der Waals surface area (Å²) < 4.78 is 1.98. The SMILES string of the molecule is Cc1cc(C)n(C2CCc3ccccc3C2O)n1. The summed E-state index contributed by atoms with van der Waals surface area (Å²) in [6.45, 7) is 4.04. The van der Waals surface area contributed by atoms with E-state index in [-0.39, 0.29) is 6.04 Å². The summed E-state index contributed by atoms with van der Waals surface area (Å²) >= 11 is 0. The van der Waals surface area contributed by atoms with Gasteiger partial charge in [0, 0.05) is 5.69 Å². The Balaban J connectivity index is 2.00. The van der Waals surface area contributed by atoms with Gasteiger partial charge in [0.2, 0.25) is 0 Å². The molecule has 0 radical (unpaired) electrons. The number of rotatable bonds is 1. The first-order chi connectivity index (χ1) is 8.66. The third-order valence-corrected chi connectivity index (χ3v) is 3.81. The lowest BCUT2D eigenvalue weighted by molar-refractivity contribution is 0.0909. The second kappa shape index (κ2) is 4.25. The van der Waals surface area contributed by atoms with E-state index in [1.54, 1.807) is 0 Å². The molecule has 1 aliphatic carbocycles. The molecule has 0 fully saturated rings. The maximum Gasteiger partial charge on any atom is 0.102 e. The molecule has 1 aliphatic rings. The van der Waals surface area contributed by atoms with E-state index in [4.69, 9.17) is 0 Å². The molecular formula is C15H18N2O. The van der Waals surface area contributed by atoms with Crippen LogP contribution in [0.5, 0.6) is 0 Å². The first kappa shape index (κ1) is 11.5. The summed E-state index contributed by atoms with van der Waals surface area (Å²) in [4.78, 5) is 0. The molecule has 0 aliphatic heterocycles. The molecule has 3 rings (SSSR count). The van der Waals surface area contributed by atoms with Gasteiger partial charge in [0.05, 0.1) is 11.7 Å². The Morgan fingerprint density at radius 2 is 2.06 bits per heavy atom. The zero-order valence-electron chi connectivity index (χ0n) is 10.8. The van der Waals surface area contributed by atoms with Crippen molar-refractivity contribution in [2.75, 3.05) is 0 Å². The van der Waals surface area contributed by atoms with Crippen LogP contribution in [0.1, 0.15) is 41.1 Å². The van der Waals surface area contributed by atoms with Gasteiger partial charge in [0.1, 0.15) is 6.10 Å². The van der Waals surface area contributed by atoms with Gasteiger partial charge < -0.3 is 5.11 Å². The first-order valence-corrected chi connectivity index (χ1v) is 6.45. The maximum absolute atomic E-state index is 10.5. The number of aryl methyl sites for hydroxylation is 3. The van der Waals surface area contributed by atoms with E-state index in [1.165, 1.54) is 5.56 Å². The zero-order valence-corrected chi connectivity index (χ0v) is 10.8. The number of aliphatic hydroxyl groups is 1. The largest absolute Gasteiger partial charge is 0.386 e. The van der Waals surface area contributed by atoms with Crippen LogP contribution in [-0.4, -0.2) is 14.9 Å². The molecule has 2 unspecified atom stereocenters. The highest BCUT2D eigenvalue weighted by Gasteiger charge is 2.30. The van der Waals surface area contributed by atoms with Gasteiger partial charge >= 0.3 is 0 Å². The Labute approximate surface area is 107 Å². The second-order valence-electron chi connectivity index (χ2n) is 5.12. The van der Waals surface area contributed by atoms with Crippen LogP contribution in [0, 0.1) is 13.8 Å². The lowest BCUT2D eigenvalue weighted by atomic mass is 9.86. The van der Waals surface area contributed by atoms with E-state index in [0.29, 0.717) is 0 Å². The zero-order chi connectivity index (χ0) is 12.7. The minimum Gasteiger partial charge on any atom is -0.386 e. The van der Waals surface area contributed by atoms with Crippen LogP contribution in [0.4, 0.5) is 0 Å². The molecule has 94 valence electrons.